The summed E-state index contributed by atoms with van der Waals surface area (Å²) in [4.78, 5) is 0. The first-order chi connectivity index (χ1) is 7.99. The molecular weight excluding hydrogens is 279 g/mol. The Bertz CT molecular complexity index is 581. The number of aryl methyl sites for hydroxylation is 3. The fourth-order valence-electron chi connectivity index (χ4n) is 2.06. The minimum absolute atomic E-state index is 0. The monoisotopic (exact) mass is 298 g/mol. The fourth-order valence-corrected chi connectivity index (χ4v) is 2.06. The van der Waals surface area contributed by atoms with E-state index >= 15 is 0 Å². The highest BCUT2D eigenvalue weighted by atomic mass is 35.5. The van der Waals surface area contributed by atoms with Gasteiger partial charge in [-0.05, 0) is 61.2 Å². The molecule has 2 aromatic rings. The van der Waals surface area contributed by atoms with Gasteiger partial charge in [0.25, 0.3) is 0 Å². The summed E-state index contributed by atoms with van der Waals surface area (Å²) < 4.78 is 0. The highest BCUT2D eigenvalue weighted by Crippen LogP contribution is 2.32. The third kappa shape index (κ3) is 3.55. The van der Waals surface area contributed by atoms with Crippen molar-refractivity contribution in [3.05, 3.63) is 47.0 Å². The van der Waals surface area contributed by atoms with E-state index in [0.29, 0.717) is 0 Å². The van der Waals surface area contributed by atoms with Crippen LogP contribution in [0.2, 0.25) is 0 Å². The molecule has 0 saturated heterocycles. The van der Waals surface area contributed by atoms with Gasteiger partial charge in [-0.2, -0.15) is 0 Å². The van der Waals surface area contributed by atoms with Crippen LogP contribution in [-0.2, 0) is 0 Å². The van der Waals surface area contributed by atoms with Gasteiger partial charge in [-0.25, -0.2) is 0 Å². The van der Waals surface area contributed by atoms with Crippen LogP contribution in [0.1, 0.15) is 16.7 Å². The Morgan fingerprint density at radius 1 is 0.684 bits per heavy atom. The zero-order chi connectivity index (χ0) is 12.6. The van der Waals surface area contributed by atoms with Crippen molar-refractivity contribution in [2.24, 2.45) is 0 Å². The standard InChI is InChI=1S/C15H18N2.2ClH/c1-9-6-11(3)13(7-10(9)2)14-8-12(16)4-5-15(14)17;;/h4-8H,16-17H2,1-3H3;2*1H. The average Bonchev–Trinajstić information content (AvgIpc) is 2.27. The van der Waals surface area contributed by atoms with Crippen LogP contribution in [0.3, 0.4) is 0 Å². The number of nitrogen functional groups attached to an aromatic ring is 2. The second-order valence-corrected chi connectivity index (χ2v) is 4.60. The van der Waals surface area contributed by atoms with Crippen molar-refractivity contribution in [1.82, 2.24) is 0 Å². The quantitative estimate of drug-likeness (QED) is 0.772. The van der Waals surface area contributed by atoms with Crippen LogP contribution >= 0.6 is 24.8 Å². The maximum Gasteiger partial charge on any atom is 0.0395 e. The van der Waals surface area contributed by atoms with Gasteiger partial charge in [0.05, 0.1) is 0 Å². The molecule has 2 nitrogen and oxygen atoms in total. The predicted molar refractivity (Wildman–Crippen MR) is 89.4 cm³/mol. The summed E-state index contributed by atoms with van der Waals surface area (Å²) in [5, 5.41) is 0. The van der Waals surface area contributed by atoms with Crippen LogP contribution in [0.25, 0.3) is 11.1 Å². The van der Waals surface area contributed by atoms with Gasteiger partial charge in [-0.1, -0.05) is 12.1 Å². The van der Waals surface area contributed by atoms with Crippen molar-refractivity contribution in [2.75, 3.05) is 11.5 Å². The zero-order valence-electron chi connectivity index (χ0n) is 11.4. The number of rotatable bonds is 1. The lowest BCUT2D eigenvalue weighted by atomic mass is 9.94. The Hall–Kier alpha value is -1.38. The summed E-state index contributed by atoms with van der Waals surface area (Å²) in [6, 6.07) is 9.99. The molecule has 104 valence electrons. The molecule has 0 fully saturated rings. The fraction of sp³-hybridized carbons (Fsp3) is 0.200. The first-order valence-electron chi connectivity index (χ1n) is 5.72. The minimum Gasteiger partial charge on any atom is -0.399 e. The molecule has 0 radical (unpaired) electrons. The number of halogens is 2. The van der Waals surface area contributed by atoms with E-state index in [1.807, 2.05) is 18.2 Å². The van der Waals surface area contributed by atoms with Crippen LogP contribution in [0.4, 0.5) is 11.4 Å². The molecule has 0 heterocycles. The molecule has 0 amide bonds. The van der Waals surface area contributed by atoms with Gasteiger partial charge in [0.1, 0.15) is 0 Å². The molecule has 0 aliphatic rings. The Kier molecular flexibility index (Phi) is 6.20. The van der Waals surface area contributed by atoms with E-state index < -0.39 is 0 Å². The summed E-state index contributed by atoms with van der Waals surface area (Å²) in [7, 11) is 0. The minimum atomic E-state index is 0. The lowest BCUT2D eigenvalue weighted by molar-refractivity contribution is 1.30. The summed E-state index contributed by atoms with van der Waals surface area (Å²) in [6.07, 6.45) is 0. The maximum atomic E-state index is 6.02. The molecule has 2 aromatic carbocycles. The highest BCUT2D eigenvalue weighted by molar-refractivity contribution is 5.85. The van der Waals surface area contributed by atoms with Crippen molar-refractivity contribution >= 4 is 36.2 Å². The second kappa shape index (κ2) is 6.69. The molecule has 0 aliphatic heterocycles. The summed E-state index contributed by atoms with van der Waals surface area (Å²) >= 11 is 0. The van der Waals surface area contributed by atoms with Crippen LogP contribution in [0, 0.1) is 20.8 Å². The van der Waals surface area contributed by atoms with E-state index in [-0.39, 0.29) is 24.8 Å². The van der Waals surface area contributed by atoms with Crippen LogP contribution < -0.4 is 11.5 Å². The normalized spacial score (nSPS) is 9.42. The van der Waals surface area contributed by atoms with Crippen molar-refractivity contribution < 1.29 is 0 Å². The molecule has 0 aliphatic carbocycles. The smallest absolute Gasteiger partial charge is 0.0395 e. The predicted octanol–water partition coefficient (Wildman–Crippen LogP) is 4.29. The van der Waals surface area contributed by atoms with Crippen molar-refractivity contribution in [1.29, 1.82) is 0 Å². The summed E-state index contributed by atoms with van der Waals surface area (Å²) in [6.45, 7) is 6.33. The maximum absolute atomic E-state index is 6.02. The van der Waals surface area contributed by atoms with E-state index in [1.54, 1.807) is 0 Å². The van der Waals surface area contributed by atoms with E-state index in [9.17, 15) is 0 Å². The SMILES string of the molecule is Cc1cc(C)c(-c2cc(N)ccc2N)cc1C.Cl.Cl. The van der Waals surface area contributed by atoms with Crippen LogP contribution in [0.15, 0.2) is 30.3 Å². The van der Waals surface area contributed by atoms with Gasteiger partial charge in [-0.15, -0.1) is 24.8 Å². The molecule has 19 heavy (non-hydrogen) atoms. The van der Waals surface area contributed by atoms with E-state index in [2.05, 4.69) is 32.9 Å². The third-order valence-corrected chi connectivity index (χ3v) is 3.21. The Morgan fingerprint density at radius 2 is 1.26 bits per heavy atom. The topological polar surface area (TPSA) is 52.0 Å². The molecule has 4 N–H and O–H groups in total. The Labute approximate surface area is 127 Å². The number of hydrogen-bond acceptors (Lipinski definition) is 2. The average molecular weight is 299 g/mol. The lowest BCUT2D eigenvalue weighted by Gasteiger charge is -2.12. The van der Waals surface area contributed by atoms with Gasteiger partial charge in [0.15, 0.2) is 0 Å². The first-order valence-corrected chi connectivity index (χ1v) is 5.72. The number of nitrogens with two attached hydrogens (primary N) is 2. The molecule has 2 rings (SSSR count). The van der Waals surface area contributed by atoms with Gasteiger partial charge in [0, 0.05) is 16.9 Å². The number of benzene rings is 2. The number of anilines is 2. The molecule has 0 spiro atoms. The van der Waals surface area contributed by atoms with Crippen molar-refractivity contribution in [3.8, 4) is 11.1 Å². The first kappa shape index (κ1) is 17.6. The molecule has 0 bridgehead atoms. The molecule has 0 saturated carbocycles. The largest absolute Gasteiger partial charge is 0.399 e. The Balaban J connectivity index is 0.00000162. The molecule has 0 aromatic heterocycles. The highest BCUT2D eigenvalue weighted by Gasteiger charge is 2.08. The van der Waals surface area contributed by atoms with E-state index in [0.717, 1.165) is 22.5 Å². The summed E-state index contributed by atoms with van der Waals surface area (Å²) in [5.41, 5.74) is 19.3. The van der Waals surface area contributed by atoms with Crippen LogP contribution in [0.5, 0.6) is 0 Å². The van der Waals surface area contributed by atoms with Gasteiger partial charge in [-0.3, -0.25) is 0 Å². The van der Waals surface area contributed by atoms with Gasteiger partial charge >= 0.3 is 0 Å². The Morgan fingerprint density at radius 3 is 1.89 bits per heavy atom. The molecular formula is C15H20Cl2N2. The lowest BCUT2D eigenvalue weighted by Crippen LogP contribution is -1.95. The number of hydrogen-bond donors (Lipinski definition) is 2. The molecule has 0 atom stereocenters. The second-order valence-electron chi connectivity index (χ2n) is 4.60. The summed E-state index contributed by atoms with van der Waals surface area (Å²) in [5.74, 6) is 0. The van der Waals surface area contributed by atoms with E-state index in [1.165, 1.54) is 16.7 Å². The molecule has 4 heteroatoms. The van der Waals surface area contributed by atoms with Gasteiger partial charge < -0.3 is 11.5 Å². The van der Waals surface area contributed by atoms with Crippen LogP contribution in [-0.4, -0.2) is 0 Å². The van der Waals surface area contributed by atoms with E-state index in [4.69, 9.17) is 11.5 Å². The molecule has 0 unspecified atom stereocenters. The third-order valence-electron chi connectivity index (χ3n) is 3.21. The van der Waals surface area contributed by atoms with Gasteiger partial charge in [0.2, 0.25) is 0 Å². The zero-order valence-corrected chi connectivity index (χ0v) is 13.0. The van der Waals surface area contributed by atoms with Crippen molar-refractivity contribution in [2.45, 2.75) is 20.8 Å². The van der Waals surface area contributed by atoms with Crippen molar-refractivity contribution in [3.63, 3.8) is 0 Å².